The van der Waals surface area contributed by atoms with E-state index in [1.54, 1.807) is 0 Å². The average molecular weight is 248 g/mol. The summed E-state index contributed by atoms with van der Waals surface area (Å²) in [5.74, 6) is 0.522. The van der Waals surface area contributed by atoms with Gasteiger partial charge in [0.2, 0.25) is 5.91 Å². The van der Waals surface area contributed by atoms with E-state index in [0.717, 1.165) is 5.69 Å². The molecule has 0 aromatic heterocycles. The molecule has 0 bridgehead atoms. The number of carbonyl (C=O) groups excluding carboxylic acids is 1. The molecule has 3 heteroatoms. The Morgan fingerprint density at radius 1 is 1.28 bits per heavy atom. The van der Waals surface area contributed by atoms with Gasteiger partial charge in [0.05, 0.1) is 0 Å². The van der Waals surface area contributed by atoms with Crippen molar-refractivity contribution in [3.8, 4) is 0 Å². The first-order valence-electron chi connectivity index (χ1n) is 6.44. The lowest BCUT2D eigenvalue weighted by atomic mass is 9.89. The molecule has 0 aliphatic carbocycles. The van der Waals surface area contributed by atoms with Crippen molar-refractivity contribution in [3.05, 3.63) is 29.8 Å². The van der Waals surface area contributed by atoms with Gasteiger partial charge in [-0.05, 0) is 35.6 Å². The molecule has 1 amide bonds. The highest BCUT2D eigenvalue weighted by Crippen LogP contribution is 2.20. The first-order chi connectivity index (χ1) is 8.34. The summed E-state index contributed by atoms with van der Waals surface area (Å²) in [7, 11) is 0. The maximum atomic E-state index is 11.8. The van der Waals surface area contributed by atoms with Crippen LogP contribution in [0.1, 0.15) is 45.6 Å². The van der Waals surface area contributed by atoms with Crippen molar-refractivity contribution < 1.29 is 4.79 Å². The Morgan fingerprint density at radius 2 is 1.83 bits per heavy atom. The number of nitrogens with one attached hydrogen (secondary N) is 1. The van der Waals surface area contributed by atoms with Crippen LogP contribution in [0.3, 0.4) is 0 Å². The van der Waals surface area contributed by atoms with E-state index in [-0.39, 0.29) is 11.3 Å². The minimum absolute atomic E-state index is 0.0164. The molecule has 3 N–H and O–H groups in total. The van der Waals surface area contributed by atoms with E-state index in [2.05, 4.69) is 19.2 Å². The molecule has 18 heavy (non-hydrogen) atoms. The smallest absolute Gasteiger partial charge is 0.224 e. The van der Waals surface area contributed by atoms with Crippen LogP contribution in [0.5, 0.6) is 0 Å². The molecule has 0 saturated heterocycles. The number of anilines is 1. The first kappa shape index (κ1) is 14.7. The molecule has 0 fully saturated rings. The van der Waals surface area contributed by atoms with Crippen molar-refractivity contribution in [1.82, 2.24) is 0 Å². The predicted octanol–water partition coefficient (Wildman–Crippen LogP) is 3.12. The summed E-state index contributed by atoms with van der Waals surface area (Å²) in [5.41, 5.74) is 7.59. The highest BCUT2D eigenvalue weighted by Gasteiger charge is 2.20. The number of carbonyl (C=O) groups is 1. The second-order valence-corrected chi connectivity index (χ2v) is 5.87. The Labute approximate surface area is 110 Å². The molecule has 0 heterocycles. The van der Waals surface area contributed by atoms with Crippen LogP contribution in [-0.4, -0.2) is 12.5 Å². The largest absolute Gasteiger partial charge is 0.330 e. The lowest BCUT2D eigenvalue weighted by Crippen LogP contribution is -2.29. The van der Waals surface area contributed by atoms with E-state index in [1.807, 2.05) is 38.1 Å². The van der Waals surface area contributed by atoms with Gasteiger partial charge in [0, 0.05) is 12.1 Å². The first-order valence-corrected chi connectivity index (χ1v) is 6.44. The molecule has 1 rings (SSSR count). The number of nitrogens with two attached hydrogens (primary N) is 1. The molecule has 1 aromatic rings. The monoisotopic (exact) mass is 248 g/mol. The van der Waals surface area contributed by atoms with Gasteiger partial charge in [-0.25, -0.2) is 0 Å². The van der Waals surface area contributed by atoms with Crippen LogP contribution in [-0.2, 0) is 4.79 Å². The predicted molar refractivity (Wildman–Crippen MR) is 76.6 cm³/mol. The van der Waals surface area contributed by atoms with E-state index < -0.39 is 0 Å². The van der Waals surface area contributed by atoms with Crippen LogP contribution >= 0.6 is 0 Å². The van der Waals surface area contributed by atoms with Gasteiger partial charge >= 0.3 is 0 Å². The van der Waals surface area contributed by atoms with Gasteiger partial charge < -0.3 is 11.1 Å². The molecule has 0 spiro atoms. The Morgan fingerprint density at radius 3 is 2.28 bits per heavy atom. The van der Waals surface area contributed by atoms with E-state index in [4.69, 9.17) is 5.73 Å². The second kappa shape index (κ2) is 6.01. The normalized spacial score (nSPS) is 11.7. The molecule has 0 aliphatic rings. The van der Waals surface area contributed by atoms with Crippen molar-refractivity contribution in [2.75, 3.05) is 11.9 Å². The summed E-state index contributed by atoms with van der Waals surface area (Å²) >= 11 is 0. The molecule has 0 unspecified atom stereocenters. The number of rotatable bonds is 5. The average Bonchev–Trinajstić information content (AvgIpc) is 2.29. The minimum Gasteiger partial charge on any atom is -0.330 e. The highest BCUT2D eigenvalue weighted by molar-refractivity contribution is 5.91. The SMILES string of the molecule is CC(C)c1ccc(NC(=O)CC(C)(C)CN)cc1. The summed E-state index contributed by atoms with van der Waals surface area (Å²) in [6.45, 7) is 8.80. The fourth-order valence-electron chi connectivity index (χ4n) is 1.66. The zero-order chi connectivity index (χ0) is 13.8. The summed E-state index contributed by atoms with van der Waals surface area (Å²) in [6, 6.07) is 7.99. The fraction of sp³-hybridized carbons (Fsp3) is 0.533. The fourth-order valence-corrected chi connectivity index (χ4v) is 1.66. The molecule has 100 valence electrons. The quantitative estimate of drug-likeness (QED) is 0.841. The summed E-state index contributed by atoms with van der Waals surface area (Å²) in [5, 5.41) is 2.90. The van der Waals surface area contributed by atoms with Crippen LogP contribution < -0.4 is 11.1 Å². The summed E-state index contributed by atoms with van der Waals surface area (Å²) in [6.07, 6.45) is 0.440. The molecular weight excluding hydrogens is 224 g/mol. The summed E-state index contributed by atoms with van der Waals surface area (Å²) < 4.78 is 0. The van der Waals surface area contributed by atoms with Gasteiger partial charge in [-0.3, -0.25) is 4.79 Å². The Kier molecular flexibility index (Phi) is 4.91. The maximum Gasteiger partial charge on any atom is 0.224 e. The van der Waals surface area contributed by atoms with Crippen LogP contribution in [0.4, 0.5) is 5.69 Å². The third kappa shape index (κ3) is 4.49. The van der Waals surface area contributed by atoms with Crippen molar-refractivity contribution in [2.24, 2.45) is 11.1 Å². The van der Waals surface area contributed by atoms with Crippen LogP contribution in [0.15, 0.2) is 24.3 Å². The second-order valence-electron chi connectivity index (χ2n) is 5.87. The minimum atomic E-state index is -0.151. The van der Waals surface area contributed by atoms with Gasteiger partial charge in [-0.2, -0.15) is 0 Å². The van der Waals surface area contributed by atoms with Crippen LogP contribution in [0, 0.1) is 5.41 Å². The standard InChI is InChI=1S/C15H24N2O/c1-11(2)12-5-7-13(8-6-12)17-14(18)9-15(3,4)10-16/h5-8,11H,9-10,16H2,1-4H3,(H,17,18). The van der Waals surface area contributed by atoms with Gasteiger partial charge in [0.1, 0.15) is 0 Å². The van der Waals surface area contributed by atoms with E-state index in [1.165, 1.54) is 5.56 Å². The Bertz CT molecular complexity index is 393. The molecule has 1 aromatic carbocycles. The third-order valence-corrected chi connectivity index (χ3v) is 3.05. The van der Waals surface area contributed by atoms with Crippen molar-refractivity contribution in [2.45, 2.75) is 40.0 Å². The van der Waals surface area contributed by atoms with E-state index >= 15 is 0 Å². The third-order valence-electron chi connectivity index (χ3n) is 3.05. The highest BCUT2D eigenvalue weighted by atomic mass is 16.1. The molecule has 0 aliphatic heterocycles. The molecule has 0 atom stereocenters. The van der Waals surface area contributed by atoms with Crippen molar-refractivity contribution >= 4 is 11.6 Å². The number of hydrogen-bond donors (Lipinski definition) is 2. The number of benzene rings is 1. The van der Waals surface area contributed by atoms with Crippen LogP contribution in [0.25, 0.3) is 0 Å². The van der Waals surface area contributed by atoms with Crippen LogP contribution in [0.2, 0.25) is 0 Å². The van der Waals surface area contributed by atoms with Crippen molar-refractivity contribution in [1.29, 1.82) is 0 Å². The molecule has 0 saturated carbocycles. The lowest BCUT2D eigenvalue weighted by molar-refractivity contribution is -0.117. The Balaban J connectivity index is 2.60. The number of amides is 1. The topological polar surface area (TPSA) is 55.1 Å². The van der Waals surface area contributed by atoms with Gasteiger partial charge in [-0.1, -0.05) is 39.8 Å². The summed E-state index contributed by atoms with van der Waals surface area (Å²) in [4.78, 5) is 11.8. The molecule has 3 nitrogen and oxygen atoms in total. The van der Waals surface area contributed by atoms with Gasteiger partial charge in [-0.15, -0.1) is 0 Å². The maximum absolute atomic E-state index is 11.8. The molecule has 0 radical (unpaired) electrons. The Hall–Kier alpha value is -1.35. The lowest BCUT2D eigenvalue weighted by Gasteiger charge is -2.21. The zero-order valence-corrected chi connectivity index (χ0v) is 11.8. The van der Waals surface area contributed by atoms with Gasteiger partial charge in [0.25, 0.3) is 0 Å². The zero-order valence-electron chi connectivity index (χ0n) is 11.8. The van der Waals surface area contributed by atoms with Crippen molar-refractivity contribution in [3.63, 3.8) is 0 Å². The van der Waals surface area contributed by atoms with Gasteiger partial charge in [0.15, 0.2) is 0 Å². The van der Waals surface area contributed by atoms with E-state index in [0.29, 0.717) is 18.9 Å². The number of hydrogen-bond acceptors (Lipinski definition) is 2. The molecular formula is C15H24N2O. The van der Waals surface area contributed by atoms with E-state index in [9.17, 15) is 4.79 Å².